The van der Waals surface area contributed by atoms with E-state index >= 15 is 0 Å². The molecule has 0 fully saturated rings. The van der Waals surface area contributed by atoms with Crippen molar-refractivity contribution in [2.24, 2.45) is 0 Å². The second-order valence-electron chi connectivity index (χ2n) is 3.71. The number of rotatable bonds is 1. The molecular formula is C10H4N6O3. The third kappa shape index (κ3) is 1.44. The lowest BCUT2D eigenvalue weighted by Crippen LogP contribution is -2.17. The van der Waals surface area contributed by atoms with Gasteiger partial charge in [0.25, 0.3) is 5.69 Å². The molecule has 0 saturated carbocycles. The highest BCUT2D eigenvalue weighted by Gasteiger charge is 2.17. The van der Waals surface area contributed by atoms with Gasteiger partial charge < -0.3 is 4.98 Å². The lowest BCUT2D eigenvalue weighted by atomic mass is 10.1. The number of nitrogens with zero attached hydrogens (tertiary/aromatic N) is 5. The highest BCUT2D eigenvalue weighted by Crippen LogP contribution is 2.25. The molecule has 1 aromatic carbocycles. The zero-order valence-corrected chi connectivity index (χ0v) is 9.19. The predicted molar refractivity (Wildman–Crippen MR) is 62.5 cm³/mol. The van der Waals surface area contributed by atoms with Crippen LogP contribution in [-0.2, 0) is 0 Å². The molecule has 3 rings (SSSR count). The van der Waals surface area contributed by atoms with Gasteiger partial charge in [-0.3, -0.25) is 10.1 Å². The average molecular weight is 256 g/mol. The molecule has 0 aliphatic carbocycles. The van der Waals surface area contributed by atoms with Crippen molar-refractivity contribution in [3.63, 3.8) is 0 Å². The van der Waals surface area contributed by atoms with Gasteiger partial charge in [-0.15, -0.1) is 0 Å². The first-order valence-electron chi connectivity index (χ1n) is 5.06. The van der Waals surface area contributed by atoms with Gasteiger partial charge in [0, 0.05) is 11.5 Å². The number of aromatic amines is 1. The van der Waals surface area contributed by atoms with E-state index in [2.05, 4.69) is 15.1 Å². The highest BCUT2D eigenvalue weighted by molar-refractivity contribution is 5.93. The van der Waals surface area contributed by atoms with Gasteiger partial charge in [0.2, 0.25) is 0 Å². The summed E-state index contributed by atoms with van der Waals surface area (Å²) in [5.41, 5.74) is -0.552. The van der Waals surface area contributed by atoms with Crippen LogP contribution in [0, 0.1) is 21.4 Å². The minimum Gasteiger partial charge on any atom is -0.305 e. The molecule has 3 aromatic rings. The largest absolute Gasteiger partial charge is 0.348 e. The van der Waals surface area contributed by atoms with Crippen molar-refractivity contribution in [1.29, 1.82) is 5.26 Å². The van der Waals surface area contributed by atoms with Crippen LogP contribution in [0.25, 0.3) is 16.6 Å². The molecule has 0 unspecified atom stereocenters. The topological polar surface area (TPSA) is 130 Å². The number of H-pyrrole nitrogens is 1. The number of hydrogen-bond donors (Lipinski definition) is 1. The molecular weight excluding hydrogens is 252 g/mol. The van der Waals surface area contributed by atoms with E-state index in [9.17, 15) is 14.9 Å². The molecule has 2 aromatic heterocycles. The molecule has 9 nitrogen and oxygen atoms in total. The van der Waals surface area contributed by atoms with Gasteiger partial charge in [0.05, 0.1) is 10.4 Å². The van der Waals surface area contributed by atoms with Crippen LogP contribution in [0.3, 0.4) is 0 Å². The number of nitro groups is 1. The molecule has 92 valence electrons. The van der Waals surface area contributed by atoms with Gasteiger partial charge in [-0.2, -0.15) is 14.9 Å². The molecule has 1 N–H and O–H groups in total. The van der Waals surface area contributed by atoms with Crippen LogP contribution in [-0.4, -0.2) is 24.5 Å². The number of nitro benzene ring substituents is 1. The monoisotopic (exact) mass is 256 g/mol. The van der Waals surface area contributed by atoms with Crippen molar-refractivity contribution in [2.75, 3.05) is 0 Å². The molecule has 0 atom stereocenters. The average Bonchev–Trinajstić information content (AvgIpc) is 2.87. The van der Waals surface area contributed by atoms with Gasteiger partial charge in [0.1, 0.15) is 18.0 Å². The molecule has 0 radical (unpaired) electrons. The zero-order valence-electron chi connectivity index (χ0n) is 9.19. The van der Waals surface area contributed by atoms with E-state index in [1.807, 2.05) is 0 Å². The summed E-state index contributed by atoms with van der Waals surface area (Å²) in [7, 11) is 0. The van der Waals surface area contributed by atoms with Crippen molar-refractivity contribution in [3.05, 3.63) is 44.6 Å². The van der Waals surface area contributed by atoms with Crippen molar-refractivity contribution in [3.8, 4) is 6.07 Å². The summed E-state index contributed by atoms with van der Waals surface area (Å²) in [4.78, 5) is 28.2. The Kier molecular flexibility index (Phi) is 2.06. The van der Waals surface area contributed by atoms with Crippen molar-refractivity contribution >= 4 is 22.2 Å². The Hall–Kier alpha value is -3.28. The standard InChI is InChI=1S/C10H4N6O3/c11-3-5-1-6-7(2-8(5)16(18)19)14-10(17)15-9(6)12-4-13-15/h1-2,4H,(H,14,17). The van der Waals surface area contributed by atoms with Gasteiger partial charge in [-0.1, -0.05) is 0 Å². The SMILES string of the molecule is N#Cc1cc2c(cc1[N+](=O)[O-])[nH]c(=O)n1ncnc21. The summed E-state index contributed by atoms with van der Waals surface area (Å²) < 4.78 is 1.02. The third-order valence-corrected chi connectivity index (χ3v) is 2.68. The van der Waals surface area contributed by atoms with E-state index in [4.69, 9.17) is 5.26 Å². The van der Waals surface area contributed by atoms with Crippen molar-refractivity contribution in [1.82, 2.24) is 19.6 Å². The second-order valence-corrected chi connectivity index (χ2v) is 3.71. The van der Waals surface area contributed by atoms with Crippen molar-refractivity contribution in [2.45, 2.75) is 0 Å². The second kappa shape index (κ2) is 3.61. The fraction of sp³-hybridized carbons (Fsp3) is 0. The highest BCUT2D eigenvalue weighted by atomic mass is 16.6. The van der Waals surface area contributed by atoms with Crippen LogP contribution in [0.2, 0.25) is 0 Å². The van der Waals surface area contributed by atoms with E-state index in [1.165, 1.54) is 12.4 Å². The smallest absolute Gasteiger partial charge is 0.305 e. The van der Waals surface area contributed by atoms with E-state index < -0.39 is 10.6 Å². The summed E-state index contributed by atoms with van der Waals surface area (Å²) >= 11 is 0. The fourth-order valence-electron chi connectivity index (χ4n) is 1.86. The first-order chi connectivity index (χ1) is 9.11. The number of nitrogens with one attached hydrogen (secondary N) is 1. The number of hydrogen-bond acceptors (Lipinski definition) is 6. The first kappa shape index (κ1) is 10.8. The molecule has 0 aliphatic rings. The van der Waals surface area contributed by atoms with E-state index in [-0.39, 0.29) is 22.4 Å². The molecule has 0 saturated heterocycles. The lowest BCUT2D eigenvalue weighted by molar-refractivity contribution is -0.385. The maximum absolute atomic E-state index is 11.7. The van der Waals surface area contributed by atoms with E-state index in [0.29, 0.717) is 5.39 Å². The number of nitriles is 1. The summed E-state index contributed by atoms with van der Waals surface area (Å²) in [6.07, 6.45) is 1.19. The van der Waals surface area contributed by atoms with Gasteiger partial charge in [-0.25, -0.2) is 9.78 Å². The van der Waals surface area contributed by atoms with Gasteiger partial charge >= 0.3 is 5.69 Å². The number of aromatic nitrogens is 4. The molecule has 19 heavy (non-hydrogen) atoms. The molecule has 9 heteroatoms. The molecule has 0 aliphatic heterocycles. The predicted octanol–water partition coefficient (Wildman–Crippen LogP) is 0.351. The van der Waals surface area contributed by atoms with Gasteiger partial charge in [-0.05, 0) is 6.07 Å². The Labute approximate surface area is 103 Å². The summed E-state index contributed by atoms with van der Waals surface area (Å²) in [5, 5.41) is 23.9. The van der Waals surface area contributed by atoms with Gasteiger partial charge in [0.15, 0.2) is 5.65 Å². The molecule has 2 heterocycles. The Balaban J connectivity index is 2.56. The first-order valence-corrected chi connectivity index (χ1v) is 5.06. The Morgan fingerprint density at radius 1 is 1.47 bits per heavy atom. The molecule has 0 bridgehead atoms. The van der Waals surface area contributed by atoms with E-state index in [0.717, 1.165) is 10.6 Å². The number of benzene rings is 1. The van der Waals surface area contributed by atoms with Crippen LogP contribution >= 0.6 is 0 Å². The normalized spacial score (nSPS) is 10.7. The Bertz CT molecular complexity index is 932. The van der Waals surface area contributed by atoms with Crippen molar-refractivity contribution < 1.29 is 4.92 Å². The van der Waals surface area contributed by atoms with Crippen LogP contribution in [0.15, 0.2) is 23.3 Å². The number of fused-ring (bicyclic) bond motifs is 3. The summed E-state index contributed by atoms with van der Waals surface area (Å²) in [6, 6.07) is 4.21. The Morgan fingerprint density at radius 3 is 2.95 bits per heavy atom. The minimum absolute atomic E-state index is 0.102. The van der Waals surface area contributed by atoms with E-state index in [1.54, 1.807) is 6.07 Å². The Morgan fingerprint density at radius 2 is 2.26 bits per heavy atom. The summed E-state index contributed by atoms with van der Waals surface area (Å²) in [5.74, 6) is 0. The lowest BCUT2D eigenvalue weighted by Gasteiger charge is -2.01. The van der Waals surface area contributed by atoms with Crippen LogP contribution in [0.4, 0.5) is 5.69 Å². The quantitative estimate of drug-likeness (QED) is 0.493. The summed E-state index contributed by atoms with van der Waals surface area (Å²) in [6.45, 7) is 0. The van der Waals surface area contributed by atoms with Crippen LogP contribution in [0.1, 0.15) is 5.56 Å². The van der Waals surface area contributed by atoms with Crippen LogP contribution in [0.5, 0.6) is 0 Å². The fourth-order valence-corrected chi connectivity index (χ4v) is 1.86. The molecule has 0 amide bonds. The maximum Gasteiger partial charge on any atom is 0.348 e. The third-order valence-electron chi connectivity index (χ3n) is 2.68. The zero-order chi connectivity index (χ0) is 13.6. The minimum atomic E-state index is -0.676. The molecule has 0 spiro atoms. The van der Waals surface area contributed by atoms with Crippen LogP contribution < -0.4 is 5.69 Å². The maximum atomic E-state index is 11.7.